The summed E-state index contributed by atoms with van der Waals surface area (Å²) in [5.41, 5.74) is -0.0935. The van der Waals surface area contributed by atoms with Crippen molar-refractivity contribution in [1.29, 1.82) is 0 Å². The molecule has 0 spiro atoms. The van der Waals surface area contributed by atoms with E-state index >= 15 is 0 Å². The Hall–Kier alpha value is -2.19. The van der Waals surface area contributed by atoms with Crippen LogP contribution in [0.1, 0.15) is 50.5 Å². The van der Waals surface area contributed by atoms with Crippen molar-refractivity contribution in [2.75, 3.05) is 6.61 Å². The minimum absolute atomic E-state index is 0.0357. The van der Waals surface area contributed by atoms with Crippen LogP contribution < -0.4 is 0 Å². The van der Waals surface area contributed by atoms with E-state index in [-0.39, 0.29) is 12.4 Å². The van der Waals surface area contributed by atoms with Gasteiger partial charge in [-0.1, -0.05) is 32.9 Å². The topological polar surface area (TPSA) is 65.7 Å². The van der Waals surface area contributed by atoms with E-state index in [1.165, 1.54) is 6.08 Å². The fourth-order valence-corrected chi connectivity index (χ4v) is 2.20. The van der Waals surface area contributed by atoms with Gasteiger partial charge in [0.1, 0.15) is 12.4 Å². The molecule has 0 saturated carbocycles. The molecule has 4 nitrogen and oxygen atoms in total. The molecule has 1 aromatic rings. The Labute approximate surface area is 131 Å². The summed E-state index contributed by atoms with van der Waals surface area (Å²) >= 11 is 0. The van der Waals surface area contributed by atoms with E-state index in [2.05, 4.69) is 0 Å². The van der Waals surface area contributed by atoms with Crippen molar-refractivity contribution in [1.82, 2.24) is 0 Å². The zero-order valence-electron chi connectivity index (χ0n) is 13.8. The molecule has 0 aromatic heterocycles. The van der Waals surface area contributed by atoms with Gasteiger partial charge in [-0.15, -0.1) is 0 Å². The molecule has 0 bridgehead atoms. The number of hydrogen-bond donors (Lipinski definition) is 0. The van der Waals surface area contributed by atoms with Crippen LogP contribution in [0.3, 0.4) is 0 Å². The van der Waals surface area contributed by atoms with Crippen LogP contribution in [0.25, 0.3) is 11.5 Å². The Kier molecular flexibility index (Phi) is 5.45. The van der Waals surface area contributed by atoms with E-state index in [0.717, 1.165) is 5.56 Å². The lowest BCUT2D eigenvalue weighted by Crippen LogP contribution is -2.38. The molecule has 1 rings (SSSR count). The van der Waals surface area contributed by atoms with E-state index in [4.69, 9.17) is 10.1 Å². The smallest absolute Gasteiger partial charge is 0.338 e. The molecule has 0 heterocycles. The van der Waals surface area contributed by atoms with Crippen LogP contribution in [0.15, 0.2) is 24.3 Å². The first-order chi connectivity index (χ1) is 10.1. The molecule has 0 aliphatic carbocycles. The van der Waals surface area contributed by atoms with Crippen molar-refractivity contribution in [3.63, 3.8) is 0 Å². The van der Waals surface area contributed by atoms with Crippen molar-refractivity contribution in [3.8, 4) is 0 Å². The van der Waals surface area contributed by atoms with Gasteiger partial charge < -0.3 is 10.1 Å². The van der Waals surface area contributed by atoms with Gasteiger partial charge in [0.15, 0.2) is 0 Å². The Morgan fingerprint density at radius 2 is 1.68 bits per heavy atom. The van der Waals surface area contributed by atoms with Crippen LogP contribution in [0.4, 0.5) is 0 Å². The van der Waals surface area contributed by atoms with Crippen molar-refractivity contribution in [2.24, 2.45) is 10.8 Å². The molecule has 0 saturated heterocycles. The normalized spacial score (nSPS) is 11.5. The molecule has 1 aromatic carbocycles. The van der Waals surface area contributed by atoms with Crippen molar-refractivity contribution >= 4 is 23.7 Å². The van der Waals surface area contributed by atoms with Gasteiger partial charge in [-0.3, -0.25) is 10.7 Å². The summed E-state index contributed by atoms with van der Waals surface area (Å²) in [6, 6.07) is 6.55. The third-order valence-corrected chi connectivity index (χ3v) is 3.24. The first-order valence-electron chi connectivity index (χ1n) is 7.13. The predicted octanol–water partition coefficient (Wildman–Crippen LogP) is 3.74. The monoisotopic (exact) mass is 300 g/mol. The molecule has 0 aliphatic rings. The van der Waals surface area contributed by atoms with Crippen LogP contribution in [0.5, 0.6) is 0 Å². The number of esters is 1. The van der Waals surface area contributed by atoms with Gasteiger partial charge in [0.05, 0.1) is 11.0 Å². The number of benzene rings is 1. The van der Waals surface area contributed by atoms with E-state index in [1.54, 1.807) is 38.1 Å². The summed E-state index contributed by atoms with van der Waals surface area (Å²) in [7, 11) is 0. The quantitative estimate of drug-likeness (QED) is 0.614. The van der Waals surface area contributed by atoms with Gasteiger partial charge >= 0.3 is 5.97 Å². The van der Waals surface area contributed by atoms with E-state index in [9.17, 15) is 9.59 Å². The number of nitrogens with zero attached hydrogens (tertiary/aromatic N) is 1. The minimum atomic E-state index is -0.734. The number of ketones is 1. The number of Topliss-reactive ketones (excluding diaryl/α,β-unsaturated/α-hetero) is 1. The van der Waals surface area contributed by atoms with Crippen molar-refractivity contribution < 1.29 is 14.3 Å². The second-order valence-electron chi connectivity index (χ2n) is 6.93. The van der Waals surface area contributed by atoms with Crippen LogP contribution in [0, 0.1) is 10.8 Å². The minimum Gasteiger partial charge on any atom is -0.763 e. The Morgan fingerprint density at radius 3 is 2.14 bits per heavy atom. The highest BCUT2D eigenvalue weighted by Crippen LogP contribution is 2.29. The third-order valence-electron chi connectivity index (χ3n) is 3.24. The van der Waals surface area contributed by atoms with E-state index < -0.39 is 16.8 Å². The fourth-order valence-electron chi connectivity index (χ4n) is 2.20. The number of carbonyl (C=O) groups is 2. The maximum absolute atomic E-state index is 12.3. The summed E-state index contributed by atoms with van der Waals surface area (Å²) in [5.74, 6) is 1.50. The number of ether oxygens (including phenoxy) is 1. The van der Waals surface area contributed by atoms with Crippen molar-refractivity contribution in [2.45, 2.75) is 34.6 Å². The SMILES string of the molecule is CC(C)(C)C(=O)C(C)(C)COC(=O)c1ccc(C=C=[N-])cc1. The molecule has 0 unspecified atom stereocenters. The summed E-state index contributed by atoms with van der Waals surface area (Å²) < 4.78 is 5.27. The largest absolute Gasteiger partial charge is 0.763 e. The van der Waals surface area contributed by atoms with Crippen LogP contribution in [-0.2, 0) is 9.53 Å². The van der Waals surface area contributed by atoms with E-state index in [0.29, 0.717) is 5.56 Å². The van der Waals surface area contributed by atoms with Crippen LogP contribution >= 0.6 is 0 Å². The molecule has 0 fully saturated rings. The molecule has 0 amide bonds. The van der Waals surface area contributed by atoms with Gasteiger partial charge in [-0.05, 0) is 37.6 Å². The van der Waals surface area contributed by atoms with E-state index in [1.807, 2.05) is 26.6 Å². The van der Waals surface area contributed by atoms with Crippen molar-refractivity contribution in [3.05, 3.63) is 40.8 Å². The first-order valence-corrected chi connectivity index (χ1v) is 7.13. The van der Waals surface area contributed by atoms with Gasteiger partial charge in [0.2, 0.25) is 0 Å². The number of rotatable bonds is 5. The maximum atomic E-state index is 12.3. The molecular weight excluding hydrogens is 278 g/mol. The molecule has 22 heavy (non-hydrogen) atoms. The summed E-state index contributed by atoms with van der Waals surface area (Å²) in [4.78, 5) is 24.3. The number of carbonyl (C=O) groups excluding carboxylic acids is 2. The highest BCUT2D eigenvalue weighted by atomic mass is 16.5. The average molecular weight is 300 g/mol. The molecule has 0 aliphatic heterocycles. The molecule has 0 radical (unpaired) electrons. The second-order valence-corrected chi connectivity index (χ2v) is 6.93. The summed E-state index contributed by atoms with van der Waals surface area (Å²) in [6.07, 6.45) is 1.39. The third kappa shape index (κ3) is 4.68. The standard InChI is InChI=1S/C18H22NO3/c1-17(2,3)16(21)18(4,5)12-22-15(20)14-8-6-13(7-9-14)10-11-19/h6-10H,12H2,1-5H3/q-1. The van der Waals surface area contributed by atoms with Gasteiger partial charge in [-0.2, -0.15) is 0 Å². The molecule has 0 N–H and O–H groups in total. The second kappa shape index (κ2) is 6.71. The average Bonchev–Trinajstić information content (AvgIpc) is 2.44. The molecular formula is C18H22NO3-. The lowest BCUT2D eigenvalue weighted by atomic mass is 9.75. The Bertz CT molecular complexity index is 600. The summed E-state index contributed by atoms with van der Waals surface area (Å²) in [6.45, 7) is 9.14. The zero-order chi connectivity index (χ0) is 17.0. The van der Waals surface area contributed by atoms with Crippen LogP contribution in [0.2, 0.25) is 0 Å². The zero-order valence-corrected chi connectivity index (χ0v) is 13.8. The Morgan fingerprint density at radius 1 is 1.14 bits per heavy atom. The van der Waals surface area contributed by atoms with Gasteiger partial charge in [0.25, 0.3) is 0 Å². The molecule has 118 valence electrons. The summed E-state index contributed by atoms with van der Waals surface area (Å²) in [5, 5.41) is 8.56. The van der Waals surface area contributed by atoms with Gasteiger partial charge in [0, 0.05) is 5.41 Å². The molecule has 0 atom stereocenters. The Balaban J connectivity index is 2.73. The predicted molar refractivity (Wildman–Crippen MR) is 87.8 cm³/mol. The number of hydrogen-bond acceptors (Lipinski definition) is 3. The van der Waals surface area contributed by atoms with Gasteiger partial charge in [-0.25, -0.2) is 4.79 Å². The lowest BCUT2D eigenvalue weighted by Gasteiger charge is -2.30. The maximum Gasteiger partial charge on any atom is 0.338 e. The van der Waals surface area contributed by atoms with Crippen LogP contribution in [-0.4, -0.2) is 24.2 Å². The highest BCUT2D eigenvalue weighted by molar-refractivity contribution is 5.91. The lowest BCUT2D eigenvalue weighted by molar-refractivity contribution is -0.137. The molecule has 4 heteroatoms. The fraction of sp³-hybridized carbons (Fsp3) is 0.444. The highest BCUT2D eigenvalue weighted by Gasteiger charge is 2.37. The first kappa shape index (κ1) is 17.9.